The van der Waals surface area contributed by atoms with Gasteiger partial charge in [-0.2, -0.15) is 0 Å². The van der Waals surface area contributed by atoms with Gasteiger partial charge in [0.05, 0.1) is 12.1 Å². The number of carbonyl (C=O) groups excluding carboxylic acids is 1. The maximum atomic E-state index is 11.5. The van der Waals surface area contributed by atoms with Gasteiger partial charge in [-0.3, -0.25) is 9.69 Å². The Morgan fingerprint density at radius 3 is 3.00 bits per heavy atom. The SMILES string of the molecule is CC(=O)c1cc(Cl)cc(CN2CCn3cnnc3C2)c1O. The molecule has 0 atom stereocenters. The molecule has 2 heterocycles. The molecule has 0 amide bonds. The molecular formula is C14H15ClN4O2. The third kappa shape index (κ3) is 2.77. The van der Waals surface area contributed by atoms with Gasteiger partial charge in [0.15, 0.2) is 5.78 Å². The number of fused-ring (bicyclic) bond motifs is 1. The Bertz CT molecular complexity index is 698. The van der Waals surface area contributed by atoms with Crippen LogP contribution < -0.4 is 0 Å². The van der Waals surface area contributed by atoms with E-state index < -0.39 is 0 Å². The van der Waals surface area contributed by atoms with Gasteiger partial charge < -0.3 is 9.67 Å². The maximum absolute atomic E-state index is 11.5. The molecule has 0 saturated heterocycles. The van der Waals surface area contributed by atoms with Crippen LogP contribution in [0.1, 0.15) is 28.7 Å². The highest BCUT2D eigenvalue weighted by Gasteiger charge is 2.20. The van der Waals surface area contributed by atoms with Crippen molar-refractivity contribution < 1.29 is 9.90 Å². The van der Waals surface area contributed by atoms with Gasteiger partial charge in [-0.05, 0) is 19.1 Å². The summed E-state index contributed by atoms with van der Waals surface area (Å²) in [6.45, 7) is 4.22. The molecule has 2 aromatic rings. The summed E-state index contributed by atoms with van der Waals surface area (Å²) in [5, 5.41) is 18.6. The van der Waals surface area contributed by atoms with E-state index in [0.717, 1.165) is 18.9 Å². The molecule has 0 spiro atoms. The Kier molecular flexibility index (Phi) is 3.65. The lowest BCUT2D eigenvalue weighted by Crippen LogP contribution is -2.33. The van der Waals surface area contributed by atoms with E-state index in [1.165, 1.54) is 13.0 Å². The molecule has 0 radical (unpaired) electrons. The Hall–Kier alpha value is -1.92. The number of hydrogen-bond donors (Lipinski definition) is 1. The van der Waals surface area contributed by atoms with Gasteiger partial charge in [0.2, 0.25) is 0 Å². The molecule has 0 fully saturated rings. The third-order valence-corrected chi connectivity index (χ3v) is 3.86. The van der Waals surface area contributed by atoms with E-state index in [9.17, 15) is 9.90 Å². The van der Waals surface area contributed by atoms with Gasteiger partial charge in [-0.15, -0.1) is 10.2 Å². The Morgan fingerprint density at radius 2 is 2.24 bits per heavy atom. The highest BCUT2D eigenvalue weighted by molar-refractivity contribution is 6.31. The minimum atomic E-state index is -0.199. The minimum absolute atomic E-state index is 0.0129. The molecule has 1 N–H and O–H groups in total. The molecule has 7 heteroatoms. The van der Waals surface area contributed by atoms with Crippen molar-refractivity contribution in [2.75, 3.05) is 6.54 Å². The van der Waals surface area contributed by atoms with Crippen LogP contribution in [-0.2, 0) is 19.6 Å². The molecule has 0 saturated carbocycles. The highest BCUT2D eigenvalue weighted by Crippen LogP contribution is 2.29. The van der Waals surface area contributed by atoms with E-state index >= 15 is 0 Å². The summed E-state index contributed by atoms with van der Waals surface area (Å²) in [4.78, 5) is 13.7. The van der Waals surface area contributed by atoms with Crippen LogP contribution >= 0.6 is 11.6 Å². The van der Waals surface area contributed by atoms with E-state index in [2.05, 4.69) is 15.1 Å². The second-order valence-electron chi connectivity index (χ2n) is 5.17. The number of phenols is 1. The normalized spacial score (nSPS) is 15.0. The summed E-state index contributed by atoms with van der Waals surface area (Å²) in [5.41, 5.74) is 0.915. The second-order valence-corrected chi connectivity index (χ2v) is 5.60. The number of carbonyl (C=O) groups is 1. The summed E-state index contributed by atoms with van der Waals surface area (Å²) < 4.78 is 2.01. The van der Waals surface area contributed by atoms with Crippen LogP contribution in [0.5, 0.6) is 5.75 Å². The number of aromatic hydroxyl groups is 1. The average Bonchev–Trinajstić information content (AvgIpc) is 2.89. The summed E-state index contributed by atoms with van der Waals surface area (Å²) >= 11 is 6.04. The molecule has 110 valence electrons. The molecule has 1 aliphatic heterocycles. The van der Waals surface area contributed by atoms with E-state index in [1.54, 1.807) is 12.4 Å². The topological polar surface area (TPSA) is 71.2 Å². The van der Waals surface area contributed by atoms with Gasteiger partial charge in [0, 0.05) is 30.2 Å². The van der Waals surface area contributed by atoms with Crippen molar-refractivity contribution in [2.45, 2.75) is 26.6 Å². The number of nitrogens with zero attached hydrogens (tertiary/aromatic N) is 4. The lowest BCUT2D eigenvalue weighted by molar-refractivity contribution is 0.101. The second kappa shape index (κ2) is 5.46. The molecule has 1 aromatic carbocycles. The summed E-state index contributed by atoms with van der Waals surface area (Å²) in [6.07, 6.45) is 1.72. The lowest BCUT2D eigenvalue weighted by Gasteiger charge is -2.27. The van der Waals surface area contributed by atoms with Gasteiger partial charge in [-0.25, -0.2) is 0 Å². The first-order valence-corrected chi connectivity index (χ1v) is 7.04. The monoisotopic (exact) mass is 306 g/mol. The summed E-state index contributed by atoms with van der Waals surface area (Å²) in [6, 6.07) is 3.19. The van der Waals surface area contributed by atoms with Crippen LogP contribution in [0.25, 0.3) is 0 Å². The average molecular weight is 307 g/mol. The Labute approximate surface area is 127 Å². The van der Waals surface area contributed by atoms with Crippen molar-refractivity contribution in [3.63, 3.8) is 0 Å². The zero-order valence-corrected chi connectivity index (χ0v) is 12.3. The van der Waals surface area contributed by atoms with Crippen LogP contribution in [0.2, 0.25) is 5.02 Å². The first kappa shape index (κ1) is 14.0. The number of rotatable bonds is 3. The Morgan fingerprint density at radius 1 is 1.43 bits per heavy atom. The predicted molar refractivity (Wildman–Crippen MR) is 77.3 cm³/mol. The molecule has 0 unspecified atom stereocenters. The quantitative estimate of drug-likeness (QED) is 0.876. The number of hydrogen-bond acceptors (Lipinski definition) is 5. The molecule has 0 aliphatic carbocycles. The zero-order chi connectivity index (χ0) is 15.0. The van der Waals surface area contributed by atoms with Gasteiger partial charge in [0.1, 0.15) is 17.9 Å². The predicted octanol–water partition coefficient (Wildman–Crippen LogP) is 1.86. The highest BCUT2D eigenvalue weighted by atomic mass is 35.5. The van der Waals surface area contributed by atoms with E-state index in [4.69, 9.17) is 11.6 Å². The van der Waals surface area contributed by atoms with Crippen molar-refractivity contribution in [3.05, 3.63) is 40.4 Å². The largest absolute Gasteiger partial charge is 0.507 e. The maximum Gasteiger partial charge on any atom is 0.163 e. The van der Waals surface area contributed by atoms with Gasteiger partial charge >= 0.3 is 0 Å². The molecule has 3 rings (SSSR count). The van der Waals surface area contributed by atoms with Crippen molar-refractivity contribution >= 4 is 17.4 Å². The lowest BCUT2D eigenvalue weighted by atomic mass is 10.1. The summed E-state index contributed by atoms with van der Waals surface area (Å²) in [5.74, 6) is 0.711. The van der Waals surface area contributed by atoms with Crippen LogP contribution in [0.15, 0.2) is 18.5 Å². The Balaban J connectivity index is 1.84. The smallest absolute Gasteiger partial charge is 0.163 e. The number of ketones is 1. The molecule has 0 bridgehead atoms. The van der Waals surface area contributed by atoms with E-state index in [-0.39, 0.29) is 17.1 Å². The van der Waals surface area contributed by atoms with E-state index in [0.29, 0.717) is 23.7 Å². The first-order chi connectivity index (χ1) is 10.0. The molecule has 1 aromatic heterocycles. The molecule has 21 heavy (non-hydrogen) atoms. The van der Waals surface area contributed by atoms with Crippen LogP contribution in [0.3, 0.4) is 0 Å². The van der Waals surface area contributed by atoms with Crippen LogP contribution in [0.4, 0.5) is 0 Å². The van der Waals surface area contributed by atoms with Crippen molar-refractivity contribution in [1.82, 2.24) is 19.7 Å². The van der Waals surface area contributed by atoms with Gasteiger partial charge in [0.25, 0.3) is 0 Å². The zero-order valence-electron chi connectivity index (χ0n) is 11.6. The number of Topliss-reactive ketones (excluding diaryl/α,β-unsaturated/α-hetero) is 1. The van der Waals surface area contributed by atoms with Gasteiger partial charge in [-0.1, -0.05) is 11.6 Å². The van der Waals surface area contributed by atoms with E-state index in [1.807, 2.05) is 4.57 Å². The molecule has 1 aliphatic rings. The number of aromatic nitrogens is 3. The van der Waals surface area contributed by atoms with Crippen molar-refractivity contribution in [2.24, 2.45) is 0 Å². The minimum Gasteiger partial charge on any atom is -0.507 e. The summed E-state index contributed by atoms with van der Waals surface area (Å²) in [7, 11) is 0. The fraction of sp³-hybridized carbons (Fsp3) is 0.357. The first-order valence-electron chi connectivity index (χ1n) is 6.66. The third-order valence-electron chi connectivity index (χ3n) is 3.64. The standard InChI is InChI=1S/C14H15ClN4O2/c1-9(20)12-5-11(15)4-10(14(12)21)6-18-2-3-19-8-16-17-13(19)7-18/h4-5,8,21H,2-3,6-7H2,1H3. The fourth-order valence-electron chi connectivity index (χ4n) is 2.54. The molecular weight excluding hydrogens is 292 g/mol. The van der Waals surface area contributed by atoms with Crippen LogP contribution in [0, 0.1) is 0 Å². The fourth-order valence-corrected chi connectivity index (χ4v) is 2.78. The number of halogens is 1. The molecule has 6 nitrogen and oxygen atoms in total. The van der Waals surface area contributed by atoms with Crippen molar-refractivity contribution in [1.29, 1.82) is 0 Å². The van der Waals surface area contributed by atoms with Crippen LogP contribution in [-0.4, -0.2) is 37.1 Å². The number of benzene rings is 1. The van der Waals surface area contributed by atoms with Crippen molar-refractivity contribution in [3.8, 4) is 5.75 Å². The number of phenolic OH excluding ortho intramolecular Hbond substituents is 1.